The number of halogens is 2. The minimum atomic E-state index is 0.407. The van der Waals surface area contributed by atoms with Gasteiger partial charge >= 0.3 is 0 Å². The van der Waals surface area contributed by atoms with Crippen molar-refractivity contribution in [2.24, 2.45) is 0 Å². The Labute approximate surface area is 124 Å². The molecule has 0 aliphatic rings. The van der Waals surface area contributed by atoms with Crippen LogP contribution in [0.15, 0.2) is 40.8 Å². The standard InChI is InChI=1S/C14H8Cl2N2O2/c15-8-1-3-10(11(16)5-8)14-18-12-6-9(17-7-19)2-4-13(12)20-14/h1-7H,(H,17,19). The van der Waals surface area contributed by atoms with Gasteiger partial charge in [0, 0.05) is 10.7 Å². The van der Waals surface area contributed by atoms with Gasteiger partial charge in [-0.05, 0) is 36.4 Å². The topological polar surface area (TPSA) is 55.1 Å². The van der Waals surface area contributed by atoms with Crippen molar-refractivity contribution < 1.29 is 9.21 Å². The molecular weight excluding hydrogens is 299 g/mol. The zero-order valence-corrected chi connectivity index (χ0v) is 11.6. The van der Waals surface area contributed by atoms with Crippen LogP contribution in [0.5, 0.6) is 0 Å². The van der Waals surface area contributed by atoms with Crippen LogP contribution in [0, 0.1) is 0 Å². The third-order valence-corrected chi connectivity index (χ3v) is 3.32. The second-order valence-corrected chi connectivity index (χ2v) is 4.93. The monoisotopic (exact) mass is 306 g/mol. The fourth-order valence-electron chi connectivity index (χ4n) is 1.86. The smallest absolute Gasteiger partial charge is 0.228 e. The lowest BCUT2D eigenvalue weighted by Crippen LogP contribution is -1.92. The van der Waals surface area contributed by atoms with Gasteiger partial charge in [0.1, 0.15) is 5.52 Å². The first-order valence-corrected chi connectivity index (χ1v) is 6.49. The maximum Gasteiger partial charge on any atom is 0.228 e. The summed E-state index contributed by atoms with van der Waals surface area (Å²) in [6, 6.07) is 10.3. The average Bonchev–Trinajstić information content (AvgIpc) is 2.81. The molecule has 0 fully saturated rings. The van der Waals surface area contributed by atoms with Crippen molar-refractivity contribution >= 4 is 46.4 Å². The molecule has 100 valence electrons. The quantitative estimate of drug-likeness (QED) is 0.731. The van der Waals surface area contributed by atoms with Crippen molar-refractivity contribution in [1.82, 2.24) is 4.98 Å². The molecule has 0 saturated carbocycles. The van der Waals surface area contributed by atoms with Gasteiger partial charge < -0.3 is 9.73 Å². The minimum Gasteiger partial charge on any atom is -0.436 e. The second-order valence-electron chi connectivity index (χ2n) is 4.09. The summed E-state index contributed by atoms with van der Waals surface area (Å²) in [6.07, 6.45) is 0.609. The number of anilines is 1. The molecule has 3 aromatic rings. The van der Waals surface area contributed by atoms with Crippen molar-refractivity contribution in [2.45, 2.75) is 0 Å². The van der Waals surface area contributed by atoms with Crippen LogP contribution >= 0.6 is 23.2 Å². The second kappa shape index (κ2) is 5.15. The van der Waals surface area contributed by atoms with Gasteiger partial charge in [-0.2, -0.15) is 0 Å². The molecule has 0 atom stereocenters. The number of amides is 1. The Morgan fingerprint density at radius 2 is 2.00 bits per heavy atom. The molecule has 3 rings (SSSR count). The normalized spacial score (nSPS) is 10.7. The molecule has 20 heavy (non-hydrogen) atoms. The predicted molar refractivity (Wildman–Crippen MR) is 79.2 cm³/mol. The molecule has 0 unspecified atom stereocenters. The molecular formula is C14H8Cl2N2O2. The van der Waals surface area contributed by atoms with E-state index in [4.69, 9.17) is 27.6 Å². The lowest BCUT2D eigenvalue weighted by molar-refractivity contribution is -0.105. The number of benzene rings is 2. The number of hydrogen-bond acceptors (Lipinski definition) is 3. The van der Waals surface area contributed by atoms with Crippen LogP contribution in [0.3, 0.4) is 0 Å². The predicted octanol–water partition coefficient (Wildman–Crippen LogP) is 4.37. The average molecular weight is 307 g/mol. The molecule has 1 heterocycles. The van der Waals surface area contributed by atoms with E-state index in [1.54, 1.807) is 36.4 Å². The Morgan fingerprint density at radius 1 is 1.15 bits per heavy atom. The first-order chi connectivity index (χ1) is 9.67. The van der Waals surface area contributed by atoms with Crippen molar-refractivity contribution in [3.63, 3.8) is 0 Å². The summed E-state index contributed by atoms with van der Waals surface area (Å²) in [7, 11) is 0. The number of hydrogen-bond donors (Lipinski definition) is 1. The highest BCUT2D eigenvalue weighted by Gasteiger charge is 2.12. The Hall–Kier alpha value is -2.04. The first kappa shape index (κ1) is 13.0. The van der Waals surface area contributed by atoms with Gasteiger partial charge in [-0.1, -0.05) is 23.2 Å². The van der Waals surface area contributed by atoms with E-state index < -0.39 is 0 Å². The van der Waals surface area contributed by atoms with Gasteiger partial charge in [0.05, 0.1) is 10.6 Å². The number of nitrogens with zero attached hydrogens (tertiary/aromatic N) is 1. The summed E-state index contributed by atoms with van der Waals surface area (Å²) in [5, 5.41) is 3.58. The van der Waals surface area contributed by atoms with Crippen LogP contribution in [0.1, 0.15) is 0 Å². The van der Waals surface area contributed by atoms with Crippen molar-refractivity contribution in [3.05, 3.63) is 46.4 Å². The minimum absolute atomic E-state index is 0.407. The third kappa shape index (κ3) is 2.35. The van der Waals surface area contributed by atoms with E-state index in [9.17, 15) is 4.79 Å². The Kier molecular flexibility index (Phi) is 3.34. The fraction of sp³-hybridized carbons (Fsp3) is 0. The molecule has 0 spiro atoms. The summed E-state index contributed by atoms with van der Waals surface area (Å²) in [6.45, 7) is 0. The maximum absolute atomic E-state index is 10.4. The van der Waals surface area contributed by atoms with Gasteiger partial charge in [0.15, 0.2) is 5.58 Å². The van der Waals surface area contributed by atoms with Crippen molar-refractivity contribution in [3.8, 4) is 11.5 Å². The molecule has 1 aromatic heterocycles. The van der Waals surface area contributed by atoms with E-state index in [0.29, 0.717) is 44.7 Å². The van der Waals surface area contributed by atoms with Crippen LogP contribution in [0.4, 0.5) is 5.69 Å². The molecule has 0 aliphatic carbocycles. The summed E-state index contributed by atoms with van der Waals surface area (Å²) in [5.41, 5.74) is 2.56. The largest absolute Gasteiger partial charge is 0.436 e. The highest BCUT2D eigenvalue weighted by atomic mass is 35.5. The number of aromatic nitrogens is 1. The van der Waals surface area contributed by atoms with Crippen LogP contribution in [0.25, 0.3) is 22.6 Å². The van der Waals surface area contributed by atoms with E-state index in [2.05, 4.69) is 10.3 Å². The van der Waals surface area contributed by atoms with Crippen LogP contribution in [0.2, 0.25) is 10.0 Å². The van der Waals surface area contributed by atoms with Gasteiger partial charge in [-0.15, -0.1) is 0 Å². The SMILES string of the molecule is O=CNc1ccc2oc(-c3ccc(Cl)cc3Cl)nc2c1. The lowest BCUT2D eigenvalue weighted by Gasteiger charge is -1.98. The molecule has 1 N–H and O–H groups in total. The number of rotatable bonds is 3. The van der Waals surface area contributed by atoms with Crippen LogP contribution < -0.4 is 5.32 Å². The molecule has 1 amide bonds. The fourth-order valence-corrected chi connectivity index (χ4v) is 2.35. The number of oxazole rings is 1. The molecule has 0 radical (unpaired) electrons. The molecule has 0 bridgehead atoms. The van der Waals surface area contributed by atoms with E-state index in [1.807, 2.05) is 0 Å². The molecule has 4 nitrogen and oxygen atoms in total. The first-order valence-electron chi connectivity index (χ1n) is 5.73. The van der Waals surface area contributed by atoms with Crippen LogP contribution in [-0.4, -0.2) is 11.4 Å². The highest BCUT2D eigenvalue weighted by molar-refractivity contribution is 6.36. The summed E-state index contributed by atoms with van der Waals surface area (Å²) in [4.78, 5) is 14.8. The molecule has 0 aliphatic heterocycles. The van der Waals surface area contributed by atoms with Gasteiger partial charge in [0.2, 0.25) is 12.3 Å². The van der Waals surface area contributed by atoms with E-state index in [0.717, 1.165) is 0 Å². The molecule has 2 aromatic carbocycles. The summed E-state index contributed by atoms with van der Waals surface area (Å²) >= 11 is 12.0. The van der Waals surface area contributed by atoms with E-state index in [-0.39, 0.29) is 0 Å². The van der Waals surface area contributed by atoms with Gasteiger partial charge in [-0.3, -0.25) is 4.79 Å². The lowest BCUT2D eigenvalue weighted by atomic mass is 10.2. The summed E-state index contributed by atoms with van der Waals surface area (Å²) in [5.74, 6) is 0.407. The zero-order chi connectivity index (χ0) is 14.1. The highest BCUT2D eigenvalue weighted by Crippen LogP contribution is 2.32. The zero-order valence-electron chi connectivity index (χ0n) is 10.1. The van der Waals surface area contributed by atoms with E-state index in [1.165, 1.54) is 0 Å². The summed E-state index contributed by atoms with van der Waals surface area (Å²) < 4.78 is 5.65. The number of fused-ring (bicyclic) bond motifs is 1. The Balaban J connectivity index is 2.10. The molecule has 6 heteroatoms. The Morgan fingerprint density at radius 3 is 2.75 bits per heavy atom. The van der Waals surface area contributed by atoms with Gasteiger partial charge in [0.25, 0.3) is 0 Å². The van der Waals surface area contributed by atoms with Crippen molar-refractivity contribution in [1.29, 1.82) is 0 Å². The third-order valence-electron chi connectivity index (χ3n) is 2.77. The maximum atomic E-state index is 10.4. The number of carbonyl (C=O) groups is 1. The van der Waals surface area contributed by atoms with Crippen molar-refractivity contribution in [2.75, 3.05) is 5.32 Å². The number of carbonyl (C=O) groups excluding carboxylic acids is 1. The van der Waals surface area contributed by atoms with Crippen LogP contribution in [-0.2, 0) is 4.79 Å². The van der Waals surface area contributed by atoms with Gasteiger partial charge in [-0.25, -0.2) is 4.98 Å². The number of nitrogens with one attached hydrogen (secondary N) is 1. The Bertz CT molecular complexity index is 799. The van der Waals surface area contributed by atoms with E-state index >= 15 is 0 Å². The molecule has 0 saturated heterocycles.